The molecule has 0 aromatic heterocycles. The van der Waals surface area contributed by atoms with E-state index in [9.17, 15) is 61.0 Å². The van der Waals surface area contributed by atoms with Crippen LogP contribution in [0.15, 0.2) is 24.3 Å². The largest absolute Gasteiger partial charge is 0.394 e. The first kappa shape index (κ1) is 52.6. The average molecular weight is 868 g/mol. The van der Waals surface area contributed by atoms with Gasteiger partial charge in [-0.05, 0) is 25.7 Å². The average Bonchev–Trinajstić information content (AvgIpc) is 3.24. The van der Waals surface area contributed by atoms with Gasteiger partial charge in [0.1, 0.15) is 73.2 Å². The Hall–Kier alpha value is -1.73. The number of hydrogen-bond donors (Lipinski definition) is 12. The molecule has 12 N–H and O–H groups in total. The molecule has 17 atom stereocenters. The lowest BCUT2D eigenvalue weighted by Crippen LogP contribution is -2.66. The molecule has 19 nitrogen and oxygen atoms in total. The van der Waals surface area contributed by atoms with Crippen molar-refractivity contribution in [1.82, 2.24) is 5.32 Å². The molecule has 0 aromatic rings. The molecule has 3 aliphatic rings. The van der Waals surface area contributed by atoms with E-state index in [0.29, 0.717) is 12.8 Å². The molecular weight excluding hydrogens is 794 g/mol. The van der Waals surface area contributed by atoms with Gasteiger partial charge in [-0.3, -0.25) is 4.79 Å². The van der Waals surface area contributed by atoms with Gasteiger partial charge in [0.15, 0.2) is 18.9 Å². The molecule has 17 unspecified atom stereocenters. The van der Waals surface area contributed by atoms with Crippen LogP contribution in [-0.2, 0) is 33.2 Å². The highest BCUT2D eigenvalue weighted by molar-refractivity contribution is 5.76. The minimum Gasteiger partial charge on any atom is -0.394 e. The van der Waals surface area contributed by atoms with Gasteiger partial charge in [-0.25, -0.2) is 0 Å². The highest BCUT2D eigenvalue weighted by Gasteiger charge is 2.53. The van der Waals surface area contributed by atoms with Gasteiger partial charge >= 0.3 is 0 Å². The molecule has 60 heavy (non-hydrogen) atoms. The van der Waals surface area contributed by atoms with Crippen LogP contribution in [0.25, 0.3) is 0 Å². The quantitative estimate of drug-likeness (QED) is 0.0331. The van der Waals surface area contributed by atoms with E-state index in [2.05, 4.69) is 31.3 Å². The van der Waals surface area contributed by atoms with Gasteiger partial charge in [0.25, 0.3) is 0 Å². The van der Waals surface area contributed by atoms with E-state index in [1.807, 2.05) is 0 Å². The molecule has 1 amide bonds. The van der Waals surface area contributed by atoms with Crippen molar-refractivity contribution in [3.63, 3.8) is 0 Å². The number of carbonyl (C=O) groups excluding carboxylic acids is 1. The predicted octanol–water partition coefficient (Wildman–Crippen LogP) is -1.48. The van der Waals surface area contributed by atoms with Gasteiger partial charge < -0.3 is 89.9 Å². The van der Waals surface area contributed by atoms with Gasteiger partial charge in [0.05, 0.1) is 38.6 Å². The summed E-state index contributed by atoms with van der Waals surface area (Å²) in [6.45, 7) is 1.48. The summed E-state index contributed by atoms with van der Waals surface area (Å²) in [5.41, 5.74) is 0. The molecule has 3 rings (SSSR count). The van der Waals surface area contributed by atoms with E-state index >= 15 is 0 Å². The van der Waals surface area contributed by atoms with Crippen molar-refractivity contribution in [2.24, 2.45) is 0 Å². The molecular formula is C41H73NO18. The molecule has 19 heteroatoms. The molecule has 3 aliphatic heterocycles. The number of ether oxygens (including phenoxy) is 6. The van der Waals surface area contributed by atoms with Crippen LogP contribution in [0, 0.1) is 0 Å². The van der Waals surface area contributed by atoms with Gasteiger partial charge in [0, 0.05) is 6.42 Å². The van der Waals surface area contributed by atoms with Crippen LogP contribution < -0.4 is 5.32 Å². The Morgan fingerprint density at radius 1 is 0.583 bits per heavy atom. The zero-order valence-electron chi connectivity index (χ0n) is 34.9. The van der Waals surface area contributed by atoms with Crippen LogP contribution in [0.1, 0.15) is 97.3 Å². The smallest absolute Gasteiger partial charge is 0.220 e. The van der Waals surface area contributed by atoms with Gasteiger partial charge in [-0.2, -0.15) is 0 Å². The number of amides is 1. The maximum atomic E-state index is 13.0. The Labute approximate surface area is 352 Å². The Morgan fingerprint density at radius 2 is 1.07 bits per heavy atom. The second-order valence-corrected chi connectivity index (χ2v) is 15.8. The molecule has 0 bridgehead atoms. The first-order valence-corrected chi connectivity index (χ1v) is 21.6. The number of aliphatic hydroxyl groups excluding tert-OH is 11. The topological polar surface area (TPSA) is 307 Å². The minimum atomic E-state index is -1.97. The van der Waals surface area contributed by atoms with Gasteiger partial charge in [-0.15, -0.1) is 0 Å². The van der Waals surface area contributed by atoms with E-state index in [0.717, 1.165) is 57.8 Å². The first-order chi connectivity index (χ1) is 28.8. The van der Waals surface area contributed by atoms with E-state index < -0.39 is 124 Å². The predicted molar refractivity (Wildman–Crippen MR) is 213 cm³/mol. The Bertz CT molecular complexity index is 1230. The van der Waals surface area contributed by atoms with Crippen molar-refractivity contribution in [2.75, 3.05) is 26.4 Å². The SMILES string of the molecule is CCCC/C=C/CC/C=C/C(O)C(COC1OC(CO)C(OC2OC(CO)C(OC3OC(CO)C(O)C(O)C3O)C(O)C2O)C(O)C1O)NC(=O)CCCCCCCCC. The molecule has 0 saturated carbocycles. The number of aliphatic hydroxyl groups is 11. The lowest BCUT2D eigenvalue weighted by molar-refractivity contribution is -0.379. The molecule has 0 aliphatic carbocycles. The number of carbonyl (C=O) groups is 1. The standard InChI is InChI=1S/C41H73NO18/c1-3-5-7-9-11-13-14-16-18-25(46)24(42-29(47)19-17-15-12-10-8-6-4-2)23-55-39-35(53)32(50)37(27(21-44)57-39)60-41-36(54)33(51)38(28(22-45)58-41)59-40-34(52)31(49)30(48)26(20-43)56-40/h9,11,16,18,24-28,30-41,43-46,48-54H,3-8,10,12-15,17,19-23H2,1-2H3,(H,42,47)/b11-9+,18-16+. The number of unbranched alkanes of at least 4 members (excludes halogenated alkanes) is 9. The first-order valence-electron chi connectivity index (χ1n) is 21.6. The lowest BCUT2D eigenvalue weighted by Gasteiger charge is -2.48. The number of rotatable bonds is 27. The fraction of sp³-hybridized carbons (Fsp3) is 0.878. The fourth-order valence-electron chi connectivity index (χ4n) is 7.25. The second kappa shape index (κ2) is 28.1. The molecule has 0 spiro atoms. The molecule has 3 saturated heterocycles. The molecule has 0 aromatic carbocycles. The molecule has 350 valence electrons. The van der Waals surface area contributed by atoms with Crippen molar-refractivity contribution in [3.8, 4) is 0 Å². The highest BCUT2D eigenvalue weighted by atomic mass is 16.8. The van der Waals surface area contributed by atoms with Crippen LogP contribution in [0.2, 0.25) is 0 Å². The summed E-state index contributed by atoms with van der Waals surface area (Å²) in [5.74, 6) is -0.300. The molecule has 0 radical (unpaired) electrons. The number of allylic oxidation sites excluding steroid dienone is 3. The van der Waals surface area contributed by atoms with Crippen LogP contribution in [0.5, 0.6) is 0 Å². The normalized spacial score (nSPS) is 36.2. The van der Waals surface area contributed by atoms with E-state index in [4.69, 9.17) is 28.4 Å². The van der Waals surface area contributed by atoms with Crippen LogP contribution in [-0.4, -0.2) is 193 Å². The molecule has 3 heterocycles. The molecule has 3 fully saturated rings. The summed E-state index contributed by atoms with van der Waals surface area (Å²) in [5, 5.41) is 119. The summed E-state index contributed by atoms with van der Waals surface area (Å²) >= 11 is 0. The third kappa shape index (κ3) is 15.8. The summed E-state index contributed by atoms with van der Waals surface area (Å²) in [4.78, 5) is 13.0. The van der Waals surface area contributed by atoms with Crippen molar-refractivity contribution in [3.05, 3.63) is 24.3 Å². The van der Waals surface area contributed by atoms with Gasteiger partial charge in [0.2, 0.25) is 5.91 Å². The van der Waals surface area contributed by atoms with E-state index in [1.165, 1.54) is 6.42 Å². The fourth-order valence-corrected chi connectivity index (χ4v) is 7.25. The summed E-state index contributed by atoms with van der Waals surface area (Å²) in [6.07, 6.45) is -7.27. The van der Waals surface area contributed by atoms with Crippen molar-refractivity contribution >= 4 is 5.91 Å². The van der Waals surface area contributed by atoms with Crippen molar-refractivity contribution in [1.29, 1.82) is 0 Å². The highest BCUT2D eigenvalue weighted by Crippen LogP contribution is 2.32. The minimum absolute atomic E-state index is 0.234. The monoisotopic (exact) mass is 867 g/mol. The maximum Gasteiger partial charge on any atom is 0.220 e. The van der Waals surface area contributed by atoms with Crippen LogP contribution in [0.3, 0.4) is 0 Å². The third-order valence-electron chi connectivity index (χ3n) is 11.0. The van der Waals surface area contributed by atoms with E-state index in [1.54, 1.807) is 12.2 Å². The maximum absolute atomic E-state index is 13.0. The zero-order valence-corrected chi connectivity index (χ0v) is 34.9. The number of hydrogen-bond acceptors (Lipinski definition) is 18. The summed E-state index contributed by atoms with van der Waals surface area (Å²) < 4.78 is 33.8. The second-order valence-electron chi connectivity index (χ2n) is 15.8. The summed E-state index contributed by atoms with van der Waals surface area (Å²) in [7, 11) is 0. The zero-order chi connectivity index (χ0) is 44.2. The Morgan fingerprint density at radius 3 is 1.65 bits per heavy atom. The van der Waals surface area contributed by atoms with E-state index in [-0.39, 0.29) is 18.9 Å². The number of nitrogens with one attached hydrogen (secondary N) is 1. The van der Waals surface area contributed by atoms with Crippen molar-refractivity contribution < 1.29 is 89.4 Å². The van der Waals surface area contributed by atoms with Crippen LogP contribution in [0.4, 0.5) is 0 Å². The van der Waals surface area contributed by atoms with Crippen LogP contribution >= 0.6 is 0 Å². The Balaban J connectivity index is 1.63. The summed E-state index contributed by atoms with van der Waals surface area (Å²) in [6, 6.07) is -0.978. The lowest BCUT2D eigenvalue weighted by atomic mass is 9.96. The Kier molecular flexibility index (Phi) is 24.7. The third-order valence-corrected chi connectivity index (χ3v) is 11.0. The van der Waals surface area contributed by atoms with Crippen molar-refractivity contribution in [2.45, 2.75) is 202 Å². The van der Waals surface area contributed by atoms with Gasteiger partial charge in [-0.1, -0.05) is 89.5 Å².